The Morgan fingerprint density at radius 2 is 0.892 bits per heavy atom. The van der Waals surface area contributed by atoms with Crippen molar-refractivity contribution in [3.05, 3.63) is 144 Å². The topological polar surface area (TPSA) is 23.6 Å². The first-order valence-corrected chi connectivity index (χ1v) is 13.4. The SMILES string of the molecule is O=C[C@H](CCCCN(Cc1ccccc1)Cc1ccccc1)N(Cc1ccccc1)Cc1ccccc1. The predicted octanol–water partition coefficient (Wildman–Crippen LogP) is 7.13. The highest BCUT2D eigenvalue weighted by atomic mass is 16.1. The Bertz CT molecular complexity index is 1070. The Morgan fingerprint density at radius 3 is 1.27 bits per heavy atom. The second-order valence-electron chi connectivity index (χ2n) is 9.76. The van der Waals surface area contributed by atoms with Gasteiger partial charge in [0.1, 0.15) is 6.29 Å². The van der Waals surface area contributed by atoms with E-state index in [9.17, 15) is 4.79 Å². The van der Waals surface area contributed by atoms with Gasteiger partial charge in [0, 0.05) is 26.2 Å². The zero-order valence-corrected chi connectivity index (χ0v) is 21.7. The number of hydrogen-bond acceptors (Lipinski definition) is 3. The van der Waals surface area contributed by atoms with Crippen molar-refractivity contribution in [3.8, 4) is 0 Å². The molecule has 0 radical (unpaired) electrons. The van der Waals surface area contributed by atoms with Crippen molar-refractivity contribution in [1.29, 1.82) is 0 Å². The van der Waals surface area contributed by atoms with E-state index in [-0.39, 0.29) is 6.04 Å². The molecule has 0 aromatic heterocycles. The summed E-state index contributed by atoms with van der Waals surface area (Å²) >= 11 is 0. The maximum Gasteiger partial charge on any atom is 0.137 e. The third-order valence-corrected chi connectivity index (χ3v) is 6.81. The fraction of sp³-hybridized carbons (Fsp3) is 0.265. The van der Waals surface area contributed by atoms with E-state index >= 15 is 0 Å². The smallest absolute Gasteiger partial charge is 0.137 e. The summed E-state index contributed by atoms with van der Waals surface area (Å²) in [6.07, 6.45) is 4.10. The summed E-state index contributed by atoms with van der Waals surface area (Å²) < 4.78 is 0. The molecule has 0 heterocycles. The lowest BCUT2D eigenvalue weighted by molar-refractivity contribution is -0.113. The van der Waals surface area contributed by atoms with E-state index in [0.29, 0.717) is 0 Å². The maximum absolute atomic E-state index is 12.3. The van der Waals surface area contributed by atoms with Crippen LogP contribution < -0.4 is 0 Å². The minimum atomic E-state index is -0.0999. The van der Waals surface area contributed by atoms with Crippen molar-refractivity contribution in [1.82, 2.24) is 9.80 Å². The summed E-state index contributed by atoms with van der Waals surface area (Å²) in [7, 11) is 0. The van der Waals surface area contributed by atoms with Gasteiger partial charge in [0.05, 0.1) is 6.04 Å². The number of aldehydes is 1. The number of hydrogen-bond donors (Lipinski definition) is 0. The molecule has 0 aliphatic heterocycles. The first-order chi connectivity index (χ1) is 18.3. The maximum atomic E-state index is 12.3. The first-order valence-electron chi connectivity index (χ1n) is 13.4. The van der Waals surface area contributed by atoms with E-state index < -0.39 is 0 Å². The van der Waals surface area contributed by atoms with Crippen LogP contribution in [0.1, 0.15) is 41.5 Å². The minimum absolute atomic E-state index is 0.0999. The van der Waals surface area contributed by atoms with Crippen molar-refractivity contribution in [2.75, 3.05) is 6.54 Å². The van der Waals surface area contributed by atoms with Crippen LogP contribution in [-0.4, -0.2) is 28.7 Å². The lowest BCUT2D eigenvalue weighted by Gasteiger charge is -2.29. The fourth-order valence-corrected chi connectivity index (χ4v) is 4.85. The van der Waals surface area contributed by atoms with Crippen molar-refractivity contribution in [3.63, 3.8) is 0 Å². The second kappa shape index (κ2) is 14.9. The molecular weight excluding hydrogens is 452 g/mol. The van der Waals surface area contributed by atoms with Crippen LogP contribution in [0.5, 0.6) is 0 Å². The van der Waals surface area contributed by atoms with Gasteiger partial charge in [0.25, 0.3) is 0 Å². The molecule has 37 heavy (non-hydrogen) atoms. The van der Waals surface area contributed by atoms with Crippen molar-refractivity contribution in [2.24, 2.45) is 0 Å². The summed E-state index contributed by atoms with van der Waals surface area (Å²) in [5, 5.41) is 0. The molecule has 0 N–H and O–H groups in total. The largest absolute Gasteiger partial charge is 0.302 e. The van der Waals surface area contributed by atoms with Crippen molar-refractivity contribution >= 4 is 6.29 Å². The lowest BCUT2D eigenvalue weighted by atomic mass is 10.1. The van der Waals surface area contributed by atoms with Gasteiger partial charge in [0.2, 0.25) is 0 Å². The summed E-state index contributed by atoms with van der Waals surface area (Å²) in [6, 6.07) is 42.2. The van der Waals surface area contributed by atoms with Gasteiger partial charge >= 0.3 is 0 Å². The third-order valence-electron chi connectivity index (χ3n) is 6.81. The average Bonchev–Trinajstić information content (AvgIpc) is 2.95. The fourth-order valence-electron chi connectivity index (χ4n) is 4.85. The number of carbonyl (C=O) groups is 1. The van der Waals surface area contributed by atoms with Crippen LogP contribution in [0.25, 0.3) is 0 Å². The van der Waals surface area contributed by atoms with Gasteiger partial charge in [-0.2, -0.15) is 0 Å². The molecule has 0 amide bonds. The molecule has 3 heteroatoms. The lowest BCUT2D eigenvalue weighted by Crippen LogP contribution is -2.35. The Balaban J connectivity index is 1.36. The molecular formula is C34H38N2O. The highest BCUT2D eigenvalue weighted by Gasteiger charge is 2.19. The quantitative estimate of drug-likeness (QED) is 0.131. The van der Waals surface area contributed by atoms with Crippen LogP contribution >= 0.6 is 0 Å². The summed E-state index contributed by atoms with van der Waals surface area (Å²) in [6.45, 7) is 4.41. The standard InChI is InChI=1S/C34H38N2O/c37-29-34(36(27-32-19-9-3-10-20-32)28-33-21-11-4-12-22-33)23-13-14-24-35(25-30-15-5-1-6-16-30)26-31-17-7-2-8-18-31/h1-12,15-22,29,34H,13-14,23-28H2/t34-/m0/s1. The Labute approximate surface area is 222 Å². The molecule has 0 aliphatic rings. The monoisotopic (exact) mass is 490 g/mol. The van der Waals surface area contributed by atoms with E-state index in [1.165, 1.54) is 22.3 Å². The molecule has 0 spiro atoms. The number of carbonyl (C=O) groups excluding carboxylic acids is 1. The van der Waals surface area contributed by atoms with Crippen LogP contribution in [0.15, 0.2) is 121 Å². The van der Waals surface area contributed by atoms with Gasteiger partial charge < -0.3 is 4.79 Å². The Hall–Kier alpha value is -3.53. The van der Waals surface area contributed by atoms with Gasteiger partial charge in [0.15, 0.2) is 0 Å². The zero-order chi connectivity index (χ0) is 25.5. The highest BCUT2D eigenvalue weighted by Crippen LogP contribution is 2.18. The number of rotatable bonds is 15. The summed E-state index contributed by atoms with van der Waals surface area (Å²) in [5.74, 6) is 0. The molecule has 190 valence electrons. The van der Waals surface area contributed by atoms with Gasteiger partial charge in [-0.3, -0.25) is 9.80 Å². The van der Waals surface area contributed by atoms with E-state index in [4.69, 9.17) is 0 Å². The molecule has 4 rings (SSSR count). The van der Waals surface area contributed by atoms with Gasteiger partial charge in [-0.25, -0.2) is 0 Å². The summed E-state index contributed by atoms with van der Waals surface area (Å²) in [5.41, 5.74) is 5.14. The van der Waals surface area contributed by atoms with Crippen LogP contribution in [0.4, 0.5) is 0 Å². The van der Waals surface area contributed by atoms with Gasteiger partial charge in [-0.15, -0.1) is 0 Å². The van der Waals surface area contributed by atoms with Crippen molar-refractivity contribution in [2.45, 2.75) is 51.5 Å². The molecule has 4 aromatic carbocycles. The van der Waals surface area contributed by atoms with Crippen molar-refractivity contribution < 1.29 is 4.79 Å². The predicted molar refractivity (Wildman–Crippen MR) is 153 cm³/mol. The van der Waals surface area contributed by atoms with E-state index in [1.807, 2.05) is 12.1 Å². The van der Waals surface area contributed by atoms with Crippen LogP contribution in [0.3, 0.4) is 0 Å². The molecule has 0 saturated carbocycles. The molecule has 1 atom stereocenters. The third kappa shape index (κ3) is 9.13. The minimum Gasteiger partial charge on any atom is -0.302 e. The van der Waals surface area contributed by atoms with E-state index in [1.54, 1.807) is 0 Å². The van der Waals surface area contributed by atoms with Crippen LogP contribution in [0, 0.1) is 0 Å². The molecule has 0 saturated heterocycles. The molecule has 3 nitrogen and oxygen atoms in total. The molecule has 0 bridgehead atoms. The van der Waals surface area contributed by atoms with Gasteiger partial charge in [-0.1, -0.05) is 128 Å². The van der Waals surface area contributed by atoms with Crippen LogP contribution in [-0.2, 0) is 31.0 Å². The normalized spacial score (nSPS) is 12.1. The zero-order valence-electron chi connectivity index (χ0n) is 21.7. The molecule has 0 unspecified atom stereocenters. The summed E-state index contributed by atoms with van der Waals surface area (Å²) in [4.78, 5) is 17.1. The number of nitrogens with zero attached hydrogens (tertiary/aromatic N) is 2. The second-order valence-corrected chi connectivity index (χ2v) is 9.76. The molecule has 4 aromatic rings. The first kappa shape index (κ1) is 26.5. The van der Waals surface area contributed by atoms with E-state index in [2.05, 4.69) is 119 Å². The molecule has 0 aliphatic carbocycles. The van der Waals surface area contributed by atoms with Crippen LogP contribution in [0.2, 0.25) is 0 Å². The number of unbranched alkanes of at least 4 members (excludes halogenated alkanes) is 1. The Morgan fingerprint density at radius 1 is 0.514 bits per heavy atom. The number of benzene rings is 4. The average molecular weight is 491 g/mol. The Kier molecular flexibility index (Phi) is 10.7. The highest BCUT2D eigenvalue weighted by molar-refractivity contribution is 5.57. The van der Waals surface area contributed by atoms with E-state index in [0.717, 1.165) is 58.3 Å². The van der Waals surface area contributed by atoms with Gasteiger partial charge in [-0.05, 0) is 41.6 Å². The molecule has 0 fully saturated rings.